The van der Waals surface area contributed by atoms with Crippen LogP contribution in [-0.2, 0) is 4.79 Å². The number of benzene rings is 2. The maximum Gasteiger partial charge on any atom is 0.185 e. The quantitative estimate of drug-likeness (QED) is 0.308. The predicted molar refractivity (Wildman–Crippen MR) is 139 cm³/mol. The summed E-state index contributed by atoms with van der Waals surface area (Å²) in [6.45, 7) is 4.92. The second-order valence-electron chi connectivity index (χ2n) is 7.46. The summed E-state index contributed by atoms with van der Waals surface area (Å²) in [4.78, 5) is 13.3. The third-order valence-corrected chi connectivity index (χ3v) is 6.42. The van der Waals surface area contributed by atoms with Gasteiger partial charge in [-0.05, 0) is 113 Å². The molecule has 0 aromatic heterocycles. The molecule has 0 amide bonds. The van der Waals surface area contributed by atoms with E-state index in [0.29, 0.717) is 36.2 Å². The van der Waals surface area contributed by atoms with E-state index in [2.05, 4.69) is 31.9 Å². The van der Waals surface area contributed by atoms with Crippen LogP contribution < -0.4 is 18.9 Å². The number of carbonyl (C=O) groups excluding carboxylic acids is 1. The Kier molecular flexibility index (Phi) is 9.03. The minimum absolute atomic E-state index is 0.0641. The van der Waals surface area contributed by atoms with Crippen molar-refractivity contribution in [1.29, 1.82) is 0 Å². The molecular weight excluding hydrogens is 552 g/mol. The average molecular weight is 580 g/mol. The molecule has 33 heavy (non-hydrogen) atoms. The maximum atomic E-state index is 13.3. The lowest BCUT2D eigenvalue weighted by atomic mass is 9.87. The molecule has 0 radical (unpaired) electrons. The Hall–Kier alpha value is -2.25. The molecule has 0 atom stereocenters. The van der Waals surface area contributed by atoms with E-state index in [-0.39, 0.29) is 5.78 Å². The van der Waals surface area contributed by atoms with Crippen molar-refractivity contribution >= 4 is 49.8 Å². The van der Waals surface area contributed by atoms with Crippen LogP contribution >= 0.6 is 31.9 Å². The van der Waals surface area contributed by atoms with Gasteiger partial charge in [0.2, 0.25) is 0 Å². The van der Waals surface area contributed by atoms with Gasteiger partial charge < -0.3 is 18.9 Å². The second-order valence-corrected chi connectivity index (χ2v) is 9.16. The highest BCUT2D eigenvalue weighted by Crippen LogP contribution is 2.39. The van der Waals surface area contributed by atoms with Gasteiger partial charge >= 0.3 is 0 Å². The monoisotopic (exact) mass is 578 g/mol. The molecule has 0 heterocycles. The fourth-order valence-electron chi connectivity index (χ4n) is 3.80. The molecular formula is C26H28Br2O5. The van der Waals surface area contributed by atoms with Crippen LogP contribution in [0.25, 0.3) is 12.2 Å². The molecule has 0 N–H and O–H groups in total. The zero-order valence-electron chi connectivity index (χ0n) is 19.3. The fraction of sp³-hybridized carbons (Fsp3) is 0.346. The van der Waals surface area contributed by atoms with Gasteiger partial charge in [-0.3, -0.25) is 4.79 Å². The lowest BCUT2D eigenvalue weighted by molar-refractivity contribution is -0.112. The molecule has 1 aliphatic rings. The smallest absolute Gasteiger partial charge is 0.185 e. The molecule has 7 heteroatoms. The Bertz CT molecular complexity index is 1010. The number of halogens is 2. The Balaban J connectivity index is 1.93. The van der Waals surface area contributed by atoms with E-state index in [1.54, 1.807) is 14.2 Å². The van der Waals surface area contributed by atoms with Crippen LogP contribution in [0.4, 0.5) is 0 Å². The molecule has 5 nitrogen and oxygen atoms in total. The molecule has 1 fully saturated rings. The first-order valence-corrected chi connectivity index (χ1v) is 12.5. The van der Waals surface area contributed by atoms with Crippen LogP contribution in [0.5, 0.6) is 23.0 Å². The van der Waals surface area contributed by atoms with E-state index >= 15 is 0 Å². The largest absolute Gasteiger partial charge is 0.493 e. The van der Waals surface area contributed by atoms with Crippen molar-refractivity contribution in [2.45, 2.75) is 33.1 Å². The number of allylic oxidation sites excluding steroid dienone is 2. The van der Waals surface area contributed by atoms with Crippen molar-refractivity contribution in [2.24, 2.45) is 0 Å². The fourth-order valence-corrected chi connectivity index (χ4v) is 4.94. The number of hydrogen-bond acceptors (Lipinski definition) is 5. The van der Waals surface area contributed by atoms with Gasteiger partial charge in [-0.2, -0.15) is 0 Å². The van der Waals surface area contributed by atoms with Gasteiger partial charge in [0.25, 0.3) is 0 Å². The molecule has 1 saturated carbocycles. The summed E-state index contributed by atoms with van der Waals surface area (Å²) in [6.07, 6.45) is 6.26. The summed E-state index contributed by atoms with van der Waals surface area (Å²) in [5, 5.41) is 0. The molecule has 0 saturated heterocycles. The van der Waals surface area contributed by atoms with Crippen LogP contribution in [0, 0.1) is 0 Å². The van der Waals surface area contributed by atoms with E-state index in [4.69, 9.17) is 18.9 Å². The Morgan fingerprint density at radius 3 is 1.58 bits per heavy atom. The van der Waals surface area contributed by atoms with Gasteiger partial charge in [-0.1, -0.05) is 0 Å². The first-order valence-electron chi connectivity index (χ1n) is 10.9. The molecule has 3 rings (SSSR count). The summed E-state index contributed by atoms with van der Waals surface area (Å²) in [5.41, 5.74) is 3.33. The zero-order valence-corrected chi connectivity index (χ0v) is 22.5. The summed E-state index contributed by atoms with van der Waals surface area (Å²) >= 11 is 7.11. The van der Waals surface area contributed by atoms with Crippen molar-refractivity contribution in [2.75, 3.05) is 27.4 Å². The number of methoxy groups -OCH3 is 2. The van der Waals surface area contributed by atoms with Gasteiger partial charge in [0.1, 0.15) is 0 Å². The van der Waals surface area contributed by atoms with Gasteiger partial charge in [0.15, 0.2) is 28.8 Å². The van der Waals surface area contributed by atoms with E-state index < -0.39 is 0 Å². The van der Waals surface area contributed by atoms with Crippen molar-refractivity contribution < 1.29 is 23.7 Å². The first-order chi connectivity index (χ1) is 15.9. The van der Waals surface area contributed by atoms with Crippen LogP contribution in [0.2, 0.25) is 0 Å². The average Bonchev–Trinajstić information content (AvgIpc) is 2.79. The number of Topliss-reactive ketones (excluding diaryl/α,β-unsaturated/α-hetero) is 1. The number of rotatable bonds is 8. The lowest BCUT2D eigenvalue weighted by Gasteiger charge is -2.18. The maximum absolute atomic E-state index is 13.3. The van der Waals surface area contributed by atoms with E-state index in [0.717, 1.165) is 50.5 Å². The van der Waals surface area contributed by atoms with Crippen molar-refractivity contribution in [3.63, 3.8) is 0 Å². The topological polar surface area (TPSA) is 54.0 Å². The van der Waals surface area contributed by atoms with Gasteiger partial charge in [0, 0.05) is 11.1 Å². The second kappa shape index (κ2) is 11.7. The van der Waals surface area contributed by atoms with Crippen LogP contribution in [-0.4, -0.2) is 33.2 Å². The summed E-state index contributed by atoms with van der Waals surface area (Å²) in [6, 6.07) is 7.67. The SMILES string of the molecule is CCOc1c(Br)cc(C=C2CCCC(=Cc3cc(Br)c(OCC)c(OC)c3)C2=O)cc1OC. The zero-order chi connectivity index (χ0) is 24.0. The predicted octanol–water partition coefficient (Wildman–Crippen LogP) is 7.25. The summed E-state index contributed by atoms with van der Waals surface area (Å²) < 4.78 is 23.9. The van der Waals surface area contributed by atoms with E-state index in [1.807, 2.05) is 50.3 Å². The lowest BCUT2D eigenvalue weighted by Crippen LogP contribution is -2.12. The van der Waals surface area contributed by atoms with Crippen LogP contribution in [0.15, 0.2) is 44.4 Å². The van der Waals surface area contributed by atoms with Crippen molar-refractivity contribution in [3.8, 4) is 23.0 Å². The molecule has 1 aliphatic carbocycles. The van der Waals surface area contributed by atoms with Crippen LogP contribution in [0.1, 0.15) is 44.2 Å². The number of ether oxygens (including phenoxy) is 4. The molecule has 0 unspecified atom stereocenters. The first kappa shape index (κ1) is 25.4. The number of hydrogen-bond donors (Lipinski definition) is 0. The van der Waals surface area contributed by atoms with E-state index in [9.17, 15) is 4.79 Å². The summed E-state index contributed by atoms with van der Waals surface area (Å²) in [5.74, 6) is 2.64. The van der Waals surface area contributed by atoms with Crippen LogP contribution in [0.3, 0.4) is 0 Å². The van der Waals surface area contributed by atoms with Crippen molar-refractivity contribution in [3.05, 3.63) is 55.5 Å². The molecule has 0 spiro atoms. The highest BCUT2D eigenvalue weighted by molar-refractivity contribution is 9.11. The standard InChI is InChI=1S/C26H28Br2O5/c1-5-32-25-20(27)12-16(14-22(25)30-3)10-18-8-7-9-19(24(18)29)11-17-13-21(28)26(33-6-2)23(15-17)31-4/h10-15H,5-9H2,1-4H3. The minimum atomic E-state index is 0.0641. The Morgan fingerprint density at radius 2 is 1.21 bits per heavy atom. The molecule has 2 aromatic carbocycles. The van der Waals surface area contributed by atoms with Gasteiger partial charge in [0.05, 0.1) is 36.4 Å². The third-order valence-electron chi connectivity index (χ3n) is 5.24. The molecule has 176 valence electrons. The third kappa shape index (κ3) is 6.01. The van der Waals surface area contributed by atoms with Gasteiger partial charge in [-0.25, -0.2) is 0 Å². The van der Waals surface area contributed by atoms with Gasteiger partial charge in [-0.15, -0.1) is 0 Å². The molecule has 0 bridgehead atoms. The summed E-state index contributed by atoms with van der Waals surface area (Å²) in [7, 11) is 3.22. The van der Waals surface area contributed by atoms with E-state index in [1.165, 1.54) is 0 Å². The highest BCUT2D eigenvalue weighted by atomic mass is 79.9. The molecule has 0 aliphatic heterocycles. The molecule has 2 aromatic rings. The Labute approximate surface area is 212 Å². The van der Waals surface area contributed by atoms with Crippen molar-refractivity contribution in [1.82, 2.24) is 0 Å². The number of carbonyl (C=O) groups is 1. The minimum Gasteiger partial charge on any atom is -0.493 e. The highest BCUT2D eigenvalue weighted by Gasteiger charge is 2.22. The Morgan fingerprint density at radius 1 is 0.788 bits per heavy atom. The number of ketones is 1. The normalized spacial score (nSPS) is 16.2.